The fourth-order valence-corrected chi connectivity index (χ4v) is 2.51. The van der Waals surface area contributed by atoms with Crippen LogP contribution in [-0.4, -0.2) is 42.2 Å². The average Bonchev–Trinajstić information content (AvgIpc) is 2.54. The van der Waals surface area contributed by atoms with Gasteiger partial charge in [-0.3, -0.25) is 0 Å². The fraction of sp³-hybridized carbons (Fsp3) is 0.467. The molecule has 0 aromatic heterocycles. The second-order valence-corrected chi connectivity index (χ2v) is 6.45. The smallest absolute Gasteiger partial charge is 0.449 e. The highest BCUT2D eigenvalue weighted by atomic mass is 19.4. The van der Waals surface area contributed by atoms with E-state index in [-0.39, 0.29) is 12.1 Å². The van der Waals surface area contributed by atoms with Crippen LogP contribution in [0.1, 0.15) is 0 Å². The van der Waals surface area contributed by atoms with Gasteiger partial charge in [-0.2, -0.15) is 65.9 Å². The van der Waals surface area contributed by atoms with Crippen LogP contribution >= 0.6 is 0 Å². The molecule has 0 radical (unpaired) electrons. The monoisotopic (exact) mass is 554 g/mol. The van der Waals surface area contributed by atoms with Gasteiger partial charge < -0.3 is 16.2 Å². The summed E-state index contributed by atoms with van der Waals surface area (Å²) in [5.74, 6) is -6.44. The van der Waals surface area contributed by atoms with E-state index in [1.165, 1.54) is 0 Å². The lowest BCUT2D eigenvalue weighted by Gasteiger charge is -2.41. The van der Waals surface area contributed by atoms with Crippen LogP contribution in [0.3, 0.4) is 0 Å². The second kappa shape index (κ2) is 8.38. The number of ether oxygens (including phenoxy) is 1. The zero-order valence-electron chi connectivity index (χ0n) is 15.7. The van der Waals surface area contributed by atoms with Crippen LogP contribution in [0.2, 0.25) is 0 Å². The summed E-state index contributed by atoms with van der Waals surface area (Å²) >= 11 is 0. The number of halogens is 17. The minimum absolute atomic E-state index is 0.0158. The van der Waals surface area contributed by atoms with Gasteiger partial charge in [0.05, 0.1) is 5.57 Å². The van der Waals surface area contributed by atoms with Gasteiger partial charge in [0, 0.05) is 23.5 Å². The lowest BCUT2D eigenvalue weighted by atomic mass is 9.79. The number of alkyl halides is 17. The number of allylic oxidation sites excluding steroid dienone is 2. The predicted octanol–water partition coefficient (Wildman–Crippen LogP) is 6.71. The predicted molar refractivity (Wildman–Crippen MR) is 80.9 cm³/mol. The lowest BCUT2D eigenvalue weighted by Crippen LogP contribution is -2.67. The quantitative estimate of drug-likeness (QED) is 0.247. The number of benzene rings is 1. The van der Waals surface area contributed by atoms with Gasteiger partial charge in [0.1, 0.15) is 5.75 Å². The molecule has 0 heterocycles. The maximum absolute atomic E-state index is 14.5. The first-order valence-corrected chi connectivity index (χ1v) is 7.93. The Morgan fingerprint density at radius 2 is 0.800 bits per heavy atom. The largest absolute Gasteiger partial charge is 0.452 e. The van der Waals surface area contributed by atoms with Crippen molar-refractivity contribution in [3.8, 4) is 5.75 Å². The molecule has 0 spiro atoms. The Bertz CT molecular complexity index is 876. The van der Waals surface area contributed by atoms with Crippen molar-refractivity contribution in [2.24, 2.45) is 0 Å². The van der Waals surface area contributed by atoms with Gasteiger partial charge >= 0.3 is 42.2 Å². The van der Waals surface area contributed by atoms with Crippen LogP contribution in [0, 0.1) is 0 Å². The van der Waals surface area contributed by atoms with Gasteiger partial charge in [-0.25, -0.2) is 8.78 Å². The summed E-state index contributed by atoms with van der Waals surface area (Å²) < 4.78 is 230. The Balaban J connectivity index is 4.54. The summed E-state index contributed by atoms with van der Waals surface area (Å²) in [5, 5.41) is 0. The van der Waals surface area contributed by atoms with Crippen LogP contribution in [0.15, 0.2) is 29.5 Å². The van der Waals surface area contributed by atoms with E-state index in [0.29, 0.717) is 6.07 Å². The summed E-state index contributed by atoms with van der Waals surface area (Å²) in [6, 6.07) is 0.657. The first kappa shape index (κ1) is 30.2. The first-order chi connectivity index (χ1) is 15.1. The van der Waals surface area contributed by atoms with E-state index in [4.69, 9.17) is 11.5 Å². The summed E-state index contributed by atoms with van der Waals surface area (Å²) in [5.41, 5.74) is -13.7. The van der Waals surface area contributed by atoms with E-state index in [1.54, 1.807) is 0 Å². The molecule has 0 atom stereocenters. The minimum atomic E-state index is -8.25. The van der Waals surface area contributed by atoms with Gasteiger partial charge in [-0.05, 0) is 6.07 Å². The van der Waals surface area contributed by atoms with Crippen LogP contribution in [-0.2, 0) is 0 Å². The Morgan fingerprint density at radius 1 is 0.514 bits per heavy atom. The molecule has 1 aromatic rings. The van der Waals surface area contributed by atoms with Crippen LogP contribution in [0.25, 0.3) is 0 Å². The van der Waals surface area contributed by atoms with Crippen molar-refractivity contribution in [2.45, 2.75) is 42.2 Å². The zero-order chi connectivity index (χ0) is 28.2. The molecule has 0 saturated carbocycles. The number of hydrogen-bond acceptors (Lipinski definition) is 3. The summed E-state index contributed by atoms with van der Waals surface area (Å²) in [7, 11) is 0. The zero-order valence-corrected chi connectivity index (χ0v) is 15.7. The summed E-state index contributed by atoms with van der Waals surface area (Å²) in [6.07, 6.45) is -39.6. The van der Waals surface area contributed by atoms with E-state index >= 15 is 0 Å². The molecule has 0 bridgehead atoms. The van der Waals surface area contributed by atoms with Crippen molar-refractivity contribution in [1.29, 1.82) is 0 Å². The molecule has 1 rings (SSSR count). The SMILES string of the molecule is Nc1cc(N)cc(OC(=C(C(F)(C(F)(F)F)C(F)(F)F)C(F)(C(F)(F)F)C(F)(F)F)C(F)(F)F)c1. The number of anilines is 2. The Kier molecular flexibility index (Phi) is 7.24. The molecule has 0 aliphatic rings. The minimum Gasteiger partial charge on any atom is -0.452 e. The second-order valence-electron chi connectivity index (χ2n) is 6.45. The number of rotatable bonds is 4. The van der Waals surface area contributed by atoms with Crippen molar-refractivity contribution >= 4 is 11.4 Å². The molecule has 35 heavy (non-hydrogen) atoms. The molecule has 20 heteroatoms. The van der Waals surface area contributed by atoms with Crippen molar-refractivity contribution < 1.29 is 79.4 Å². The van der Waals surface area contributed by atoms with E-state index in [2.05, 4.69) is 4.74 Å². The van der Waals surface area contributed by atoms with E-state index in [9.17, 15) is 74.6 Å². The molecule has 4 N–H and O–H groups in total. The van der Waals surface area contributed by atoms with Gasteiger partial charge in [-0.1, -0.05) is 0 Å². The molecular weight excluding hydrogens is 547 g/mol. The highest BCUT2D eigenvalue weighted by Crippen LogP contribution is 2.63. The van der Waals surface area contributed by atoms with Crippen LogP contribution < -0.4 is 16.2 Å². The third-order valence-corrected chi connectivity index (χ3v) is 3.91. The van der Waals surface area contributed by atoms with E-state index in [0.717, 1.165) is 0 Å². The van der Waals surface area contributed by atoms with Gasteiger partial charge in [0.15, 0.2) is 0 Å². The normalized spacial score (nSPS) is 14.7. The van der Waals surface area contributed by atoms with Crippen molar-refractivity contribution in [1.82, 2.24) is 0 Å². The van der Waals surface area contributed by atoms with Crippen molar-refractivity contribution in [2.75, 3.05) is 11.5 Å². The highest BCUT2D eigenvalue weighted by molar-refractivity contribution is 5.57. The van der Waals surface area contributed by atoms with Gasteiger partial charge in [0.25, 0.3) is 0 Å². The summed E-state index contributed by atoms with van der Waals surface area (Å²) in [6.45, 7) is 0. The Hall–Kier alpha value is -2.83. The lowest BCUT2D eigenvalue weighted by molar-refractivity contribution is -0.365. The topological polar surface area (TPSA) is 61.3 Å². The number of nitrogens with two attached hydrogens (primary N) is 2. The van der Waals surface area contributed by atoms with Gasteiger partial charge in [-0.15, -0.1) is 0 Å². The Labute approximate surface area is 181 Å². The fourth-order valence-electron chi connectivity index (χ4n) is 2.51. The van der Waals surface area contributed by atoms with Crippen molar-refractivity contribution in [3.63, 3.8) is 0 Å². The third-order valence-electron chi connectivity index (χ3n) is 3.91. The maximum Gasteiger partial charge on any atom is 0.449 e. The van der Waals surface area contributed by atoms with Crippen LogP contribution in [0.5, 0.6) is 5.75 Å². The van der Waals surface area contributed by atoms with Crippen molar-refractivity contribution in [3.05, 3.63) is 29.5 Å². The third kappa shape index (κ3) is 5.24. The molecule has 0 aliphatic heterocycles. The molecule has 3 nitrogen and oxygen atoms in total. The number of hydrogen-bond donors (Lipinski definition) is 2. The van der Waals surface area contributed by atoms with E-state index in [1.807, 2.05) is 0 Å². The molecular formula is C15H7F17N2O. The molecule has 0 fully saturated rings. The highest BCUT2D eigenvalue weighted by Gasteiger charge is 2.88. The molecule has 0 amide bonds. The van der Waals surface area contributed by atoms with Crippen LogP contribution in [0.4, 0.5) is 86.0 Å². The first-order valence-electron chi connectivity index (χ1n) is 7.93. The summed E-state index contributed by atoms with van der Waals surface area (Å²) in [4.78, 5) is 0. The molecule has 202 valence electrons. The number of nitrogen functional groups attached to an aromatic ring is 2. The maximum atomic E-state index is 14.5. The molecule has 0 aliphatic carbocycles. The molecule has 1 aromatic carbocycles. The Morgan fingerprint density at radius 3 is 1.03 bits per heavy atom. The van der Waals surface area contributed by atoms with E-state index < -0.39 is 70.7 Å². The average molecular weight is 554 g/mol. The standard InChI is InChI=1S/C15H7F17N2O/c16-9(12(21,22)23,13(24,25)26)7(10(17,14(27,28)29)15(30,31)32)8(11(18,19)20)35-6-2-4(33)1-5(34)3-6/h1-3H,33-34H2. The molecule has 0 saturated heterocycles. The van der Waals surface area contributed by atoms with Gasteiger partial charge in [0.2, 0.25) is 5.76 Å². The molecule has 0 unspecified atom stereocenters.